The quantitative estimate of drug-likeness (QED) is 0.204. The Morgan fingerprint density at radius 1 is 0.947 bits per heavy atom. The molecule has 1 N–H and O–H groups in total. The van der Waals surface area contributed by atoms with Gasteiger partial charge < -0.3 is 19.5 Å². The van der Waals surface area contributed by atoms with E-state index >= 15 is 0 Å². The van der Waals surface area contributed by atoms with Gasteiger partial charge in [0.2, 0.25) is 0 Å². The molecule has 0 aliphatic carbocycles. The van der Waals surface area contributed by atoms with Gasteiger partial charge in [0.15, 0.2) is 0 Å². The fourth-order valence-corrected chi connectivity index (χ4v) is 4.79. The average Bonchev–Trinajstić information content (AvgIpc) is 3.22. The summed E-state index contributed by atoms with van der Waals surface area (Å²) in [5, 5.41) is 11.5. The highest BCUT2D eigenvalue weighted by Gasteiger charge is 2.47. The number of carbonyl (C=O) groups excluding carboxylic acids is 2. The summed E-state index contributed by atoms with van der Waals surface area (Å²) in [6, 6.07) is 20.9. The van der Waals surface area contributed by atoms with Crippen LogP contribution < -0.4 is 19.3 Å². The van der Waals surface area contributed by atoms with Crippen molar-refractivity contribution >= 4 is 28.8 Å². The first-order chi connectivity index (χ1) is 18.4. The second kappa shape index (κ2) is 11.9. The molecule has 0 spiro atoms. The van der Waals surface area contributed by atoms with E-state index in [0.717, 1.165) is 25.2 Å². The lowest BCUT2D eigenvalue weighted by Gasteiger charge is -2.27. The van der Waals surface area contributed by atoms with Crippen LogP contribution in [0.4, 0.5) is 11.4 Å². The standard InChI is InChI=1S/C31H34N2O5/c1-5-19-38-24-12-10-11-22(20-24)29(34)27-28(21-15-17-23(18-16-21)32(6-2)7-3)33(31(36)30(27)35)25-13-8-9-14-26(25)37-4/h8-18,20,28,34H,5-7,19H2,1-4H3/b29-27-. The monoisotopic (exact) mass is 514 g/mol. The van der Waals surface area contributed by atoms with E-state index in [2.05, 4.69) is 18.7 Å². The smallest absolute Gasteiger partial charge is 0.300 e. The second-order valence-electron chi connectivity index (χ2n) is 8.98. The van der Waals surface area contributed by atoms with Crippen LogP contribution in [0.3, 0.4) is 0 Å². The maximum atomic E-state index is 13.5. The van der Waals surface area contributed by atoms with E-state index in [9.17, 15) is 14.7 Å². The molecule has 0 radical (unpaired) electrons. The van der Waals surface area contributed by atoms with Crippen LogP contribution in [-0.4, -0.2) is 43.6 Å². The normalized spacial score (nSPS) is 16.5. The van der Waals surface area contributed by atoms with Crippen LogP contribution in [0.1, 0.15) is 44.4 Å². The summed E-state index contributed by atoms with van der Waals surface area (Å²) in [6.07, 6.45) is 0.837. The molecule has 198 valence electrons. The SMILES string of the molecule is CCCOc1cccc(/C(O)=C2/C(=O)C(=O)N(c3ccccc3OC)C2c2ccc(N(CC)CC)cc2)c1. The molecule has 0 aromatic heterocycles. The van der Waals surface area contributed by atoms with Crippen LogP contribution in [-0.2, 0) is 9.59 Å². The number of amides is 1. The molecule has 1 saturated heterocycles. The average molecular weight is 515 g/mol. The van der Waals surface area contributed by atoms with E-state index in [1.807, 2.05) is 31.2 Å². The first-order valence-corrected chi connectivity index (χ1v) is 13.0. The molecule has 4 rings (SSSR count). The van der Waals surface area contributed by atoms with E-state index < -0.39 is 17.7 Å². The van der Waals surface area contributed by atoms with Crippen molar-refractivity contribution in [1.82, 2.24) is 0 Å². The summed E-state index contributed by atoms with van der Waals surface area (Å²) in [7, 11) is 1.52. The van der Waals surface area contributed by atoms with Gasteiger partial charge in [0.1, 0.15) is 17.3 Å². The molecule has 3 aromatic carbocycles. The Morgan fingerprint density at radius 3 is 2.32 bits per heavy atom. The number of hydrogen-bond donors (Lipinski definition) is 1. The fourth-order valence-electron chi connectivity index (χ4n) is 4.79. The zero-order valence-corrected chi connectivity index (χ0v) is 22.3. The summed E-state index contributed by atoms with van der Waals surface area (Å²) in [4.78, 5) is 30.7. The van der Waals surface area contributed by atoms with Gasteiger partial charge in [-0.2, -0.15) is 0 Å². The number of hydrogen-bond acceptors (Lipinski definition) is 6. The number of Topliss-reactive ketones (excluding diaryl/α,β-unsaturated/α-hetero) is 1. The van der Waals surface area contributed by atoms with E-state index in [0.29, 0.717) is 34.9 Å². The van der Waals surface area contributed by atoms with Gasteiger partial charge >= 0.3 is 0 Å². The molecular weight excluding hydrogens is 480 g/mol. The third-order valence-corrected chi connectivity index (χ3v) is 6.71. The number of aliphatic hydroxyl groups is 1. The van der Waals surface area contributed by atoms with Crippen LogP contribution >= 0.6 is 0 Å². The van der Waals surface area contributed by atoms with Crippen molar-refractivity contribution in [2.75, 3.05) is 36.6 Å². The van der Waals surface area contributed by atoms with E-state index in [4.69, 9.17) is 9.47 Å². The molecular formula is C31H34N2O5. The van der Waals surface area contributed by atoms with Crippen molar-refractivity contribution in [1.29, 1.82) is 0 Å². The summed E-state index contributed by atoms with van der Waals surface area (Å²) in [5.74, 6) is -0.706. The Bertz CT molecular complexity index is 1330. The lowest BCUT2D eigenvalue weighted by molar-refractivity contribution is -0.132. The minimum Gasteiger partial charge on any atom is -0.507 e. The molecule has 1 fully saturated rings. The molecule has 1 amide bonds. The molecule has 7 nitrogen and oxygen atoms in total. The number of nitrogens with zero attached hydrogens (tertiary/aromatic N) is 2. The number of carbonyl (C=O) groups is 2. The highest BCUT2D eigenvalue weighted by Crippen LogP contribution is 2.45. The number of benzene rings is 3. The molecule has 3 aromatic rings. The van der Waals surface area contributed by atoms with E-state index in [1.165, 1.54) is 12.0 Å². The molecule has 1 aliphatic rings. The molecule has 1 atom stereocenters. The zero-order valence-electron chi connectivity index (χ0n) is 22.3. The minimum absolute atomic E-state index is 0.0177. The molecule has 0 saturated carbocycles. The fraction of sp³-hybridized carbons (Fsp3) is 0.290. The predicted molar refractivity (Wildman–Crippen MR) is 150 cm³/mol. The summed E-state index contributed by atoms with van der Waals surface area (Å²) in [5.41, 5.74) is 2.61. The van der Waals surface area contributed by atoms with Gasteiger partial charge in [0, 0.05) is 24.3 Å². The van der Waals surface area contributed by atoms with Crippen LogP contribution in [0.15, 0.2) is 78.4 Å². The van der Waals surface area contributed by atoms with Gasteiger partial charge in [0.05, 0.1) is 31.0 Å². The molecule has 7 heteroatoms. The van der Waals surface area contributed by atoms with Crippen molar-refractivity contribution in [3.05, 3.63) is 89.5 Å². The lowest BCUT2D eigenvalue weighted by Crippen LogP contribution is -2.30. The Kier molecular flexibility index (Phi) is 8.36. The van der Waals surface area contributed by atoms with Gasteiger partial charge in [-0.25, -0.2) is 0 Å². The Morgan fingerprint density at radius 2 is 1.66 bits per heavy atom. The van der Waals surface area contributed by atoms with Gasteiger partial charge in [-0.3, -0.25) is 14.5 Å². The predicted octanol–water partition coefficient (Wildman–Crippen LogP) is 5.96. The van der Waals surface area contributed by atoms with Crippen LogP contribution in [0.25, 0.3) is 5.76 Å². The third kappa shape index (κ3) is 5.09. The minimum atomic E-state index is -0.850. The van der Waals surface area contributed by atoms with Crippen molar-refractivity contribution in [2.24, 2.45) is 0 Å². The molecule has 1 aliphatic heterocycles. The van der Waals surface area contributed by atoms with Crippen molar-refractivity contribution < 1.29 is 24.2 Å². The summed E-state index contributed by atoms with van der Waals surface area (Å²) in [6.45, 7) is 8.42. The maximum absolute atomic E-state index is 13.5. The molecule has 1 unspecified atom stereocenters. The first-order valence-electron chi connectivity index (χ1n) is 13.0. The number of methoxy groups -OCH3 is 1. The summed E-state index contributed by atoms with van der Waals surface area (Å²) >= 11 is 0. The van der Waals surface area contributed by atoms with Crippen molar-refractivity contribution in [3.63, 3.8) is 0 Å². The van der Waals surface area contributed by atoms with Crippen molar-refractivity contribution in [2.45, 2.75) is 33.2 Å². The van der Waals surface area contributed by atoms with E-state index in [1.54, 1.807) is 48.5 Å². The number of aliphatic hydroxyl groups excluding tert-OH is 1. The molecule has 38 heavy (non-hydrogen) atoms. The Hall–Kier alpha value is -4.26. The summed E-state index contributed by atoms with van der Waals surface area (Å²) < 4.78 is 11.3. The van der Waals surface area contributed by atoms with Crippen LogP contribution in [0.5, 0.6) is 11.5 Å². The number of anilines is 2. The lowest BCUT2D eigenvalue weighted by atomic mass is 9.94. The number of ether oxygens (including phenoxy) is 2. The van der Waals surface area contributed by atoms with Crippen molar-refractivity contribution in [3.8, 4) is 11.5 Å². The second-order valence-corrected chi connectivity index (χ2v) is 8.98. The Labute approximate surface area is 223 Å². The number of rotatable bonds is 10. The van der Waals surface area contributed by atoms with Crippen LogP contribution in [0.2, 0.25) is 0 Å². The molecule has 1 heterocycles. The van der Waals surface area contributed by atoms with Crippen LogP contribution in [0, 0.1) is 0 Å². The topological polar surface area (TPSA) is 79.3 Å². The maximum Gasteiger partial charge on any atom is 0.300 e. The highest BCUT2D eigenvalue weighted by atomic mass is 16.5. The largest absolute Gasteiger partial charge is 0.507 e. The van der Waals surface area contributed by atoms with Gasteiger partial charge in [-0.05, 0) is 62.2 Å². The number of para-hydroxylation sites is 2. The van der Waals surface area contributed by atoms with E-state index in [-0.39, 0.29) is 11.3 Å². The molecule has 0 bridgehead atoms. The number of ketones is 1. The van der Waals surface area contributed by atoms with Gasteiger partial charge in [0.25, 0.3) is 11.7 Å². The van der Waals surface area contributed by atoms with Gasteiger partial charge in [-0.15, -0.1) is 0 Å². The zero-order chi connectivity index (χ0) is 27.2. The third-order valence-electron chi connectivity index (χ3n) is 6.71. The Balaban J connectivity index is 1.89. The van der Waals surface area contributed by atoms with Gasteiger partial charge in [-0.1, -0.05) is 43.3 Å². The first kappa shape index (κ1) is 26.8. The highest BCUT2D eigenvalue weighted by molar-refractivity contribution is 6.52.